The van der Waals surface area contributed by atoms with E-state index < -0.39 is 34.9 Å². The molecule has 0 fully saturated rings. The van der Waals surface area contributed by atoms with Crippen molar-refractivity contribution < 1.29 is 19.1 Å². The van der Waals surface area contributed by atoms with Crippen LogP contribution in [0.4, 0.5) is 0 Å². The largest absolute Gasteiger partial charge is 0.467 e. The number of benzene rings is 2. The van der Waals surface area contributed by atoms with E-state index >= 15 is 0 Å². The van der Waals surface area contributed by atoms with Crippen LogP contribution >= 0.6 is 0 Å². The number of nitrogens with zero attached hydrogens (tertiary/aromatic N) is 3. The van der Waals surface area contributed by atoms with Crippen molar-refractivity contribution in [3.63, 3.8) is 0 Å². The van der Waals surface area contributed by atoms with E-state index in [-0.39, 0.29) is 6.42 Å². The van der Waals surface area contributed by atoms with Crippen molar-refractivity contribution in [3.8, 4) is 5.69 Å². The van der Waals surface area contributed by atoms with E-state index in [0.717, 1.165) is 28.2 Å². The Kier molecular flexibility index (Phi) is 4.65. The minimum absolute atomic E-state index is 0.184. The van der Waals surface area contributed by atoms with E-state index in [1.54, 1.807) is 60.7 Å². The Morgan fingerprint density at radius 1 is 0.867 bits per heavy atom. The molecule has 0 amide bonds. The maximum Gasteiger partial charge on any atom is 0.353 e. The zero-order chi connectivity index (χ0) is 21.5. The molecule has 154 valence electrons. The third-order valence-electron chi connectivity index (χ3n) is 5.37. The van der Waals surface area contributed by atoms with Gasteiger partial charge in [-0.25, -0.2) is 33.1 Å². The van der Waals surface area contributed by atoms with Crippen LogP contribution in [0.1, 0.15) is 18.0 Å². The summed E-state index contributed by atoms with van der Waals surface area (Å²) < 4.78 is 12.7. The zero-order valence-corrected chi connectivity index (χ0v) is 16.3. The normalized spacial score (nSPS) is 16.7. The minimum atomic E-state index is -2.12. The van der Waals surface area contributed by atoms with E-state index in [2.05, 4.69) is 0 Å². The Balaban J connectivity index is 2.10. The lowest BCUT2D eigenvalue weighted by molar-refractivity contribution is -0.167. The van der Waals surface area contributed by atoms with Crippen molar-refractivity contribution in [1.29, 1.82) is 0 Å². The third-order valence-corrected chi connectivity index (χ3v) is 5.37. The second-order valence-electron chi connectivity index (χ2n) is 6.87. The van der Waals surface area contributed by atoms with Crippen molar-refractivity contribution in [2.24, 2.45) is 0 Å². The van der Waals surface area contributed by atoms with Crippen molar-refractivity contribution in [2.75, 3.05) is 14.2 Å². The summed E-state index contributed by atoms with van der Waals surface area (Å²) in [5, 5.41) is 0. The Morgan fingerprint density at radius 2 is 1.40 bits per heavy atom. The fraction of sp³-hybridized carbons (Fsp3) is 0.238. The Bertz CT molecular complexity index is 1210. The van der Waals surface area contributed by atoms with Crippen LogP contribution in [0.2, 0.25) is 0 Å². The highest BCUT2D eigenvalue weighted by Crippen LogP contribution is 2.39. The van der Waals surface area contributed by atoms with Crippen molar-refractivity contribution in [2.45, 2.75) is 18.0 Å². The SMILES string of the molecule is COC(=O)C1(C(=O)OC)CC(c2ccccc2)n2c(=O)n(-c3ccccc3)c(=O)n21. The summed E-state index contributed by atoms with van der Waals surface area (Å²) in [5.41, 5.74) is -2.65. The van der Waals surface area contributed by atoms with Gasteiger partial charge in [-0.1, -0.05) is 48.5 Å². The molecule has 1 aromatic heterocycles. The number of fused-ring (bicyclic) bond motifs is 1. The average Bonchev–Trinajstić information content (AvgIpc) is 3.28. The van der Waals surface area contributed by atoms with Crippen LogP contribution < -0.4 is 11.4 Å². The summed E-state index contributed by atoms with van der Waals surface area (Å²) in [7, 11) is 2.23. The van der Waals surface area contributed by atoms with E-state index in [9.17, 15) is 19.2 Å². The number of methoxy groups -OCH3 is 2. The van der Waals surface area contributed by atoms with Gasteiger partial charge in [0.05, 0.1) is 25.9 Å². The van der Waals surface area contributed by atoms with Crippen molar-refractivity contribution >= 4 is 11.9 Å². The number of rotatable bonds is 4. The Morgan fingerprint density at radius 3 is 1.93 bits per heavy atom. The molecule has 1 aliphatic rings. The molecule has 2 aromatic carbocycles. The van der Waals surface area contributed by atoms with Crippen LogP contribution in [0, 0.1) is 0 Å². The van der Waals surface area contributed by atoms with Gasteiger partial charge in [0.2, 0.25) is 0 Å². The maximum absolute atomic E-state index is 13.4. The second kappa shape index (κ2) is 7.18. The Hall–Kier alpha value is -3.88. The topological polar surface area (TPSA) is 102 Å². The van der Waals surface area contributed by atoms with Crippen molar-refractivity contribution in [1.82, 2.24) is 13.9 Å². The van der Waals surface area contributed by atoms with Crippen LogP contribution in [0.3, 0.4) is 0 Å². The van der Waals surface area contributed by atoms with Crippen LogP contribution in [0.5, 0.6) is 0 Å². The highest BCUT2D eigenvalue weighted by atomic mass is 16.5. The van der Waals surface area contributed by atoms with Gasteiger partial charge < -0.3 is 9.47 Å². The third kappa shape index (κ3) is 2.55. The predicted molar refractivity (Wildman–Crippen MR) is 105 cm³/mol. The van der Waals surface area contributed by atoms with E-state index in [1.807, 2.05) is 0 Å². The number of esters is 2. The highest BCUT2D eigenvalue weighted by molar-refractivity contribution is 6.02. The fourth-order valence-corrected chi connectivity index (χ4v) is 4.02. The first-order chi connectivity index (χ1) is 14.5. The number of hydrogen-bond acceptors (Lipinski definition) is 6. The first-order valence-electron chi connectivity index (χ1n) is 9.21. The first-order valence-corrected chi connectivity index (χ1v) is 9.21. The number of para-hydroxylation sites is 1. The molecule has 0 aliphatic carbocycles. The van der Waals surface area contributed by atoms with Gasteiger partial charge in [0, 0.05) is 6.42 Å². The summed E-state index contributed by atoms with van der Waals surface area (Å²) in [5.74, 6) is -1.96. The summed E-state index contributed by atoms with van der Waals surface area (Å²) >= 11 is 0. The van der Waals surface area contributed by atoms with E-state index in [1.165, 1.54) is 0 Å². The smallest absolute Gasteiger partial charge is 0.353 e. The van der Waals surface area contributed by atoms with Crippen LogP contribution in [0.25, 0.3) is 5.69 Å². The summed E-state index contributed by atoms with van der Waals surface area (Å²) in [6, 6.07) is 16.4. The molecule has 4 rings (SSSR count). The molecular formula is C21H19N3O6. The molecule has 0 spiro atoms. The zero-order valence-electron chi connectivity index (χ0n) is 16.3. The summed E-state index contributed by atoms with van der Waals surface area (Å²) in [6.07, 6.45) is -0.184. The number of ether oxygens (including phenoxy) is 2. The predicted octanol–water partition coefficient (Wildman–Crippen LogP) is 0.835. The quantitative estimate of drug-likeness (QED) is 0.467. The number of aromatic nitrogens is 3. The Labute approximate surface area is 170 Å². The monoisotopic (exact) mass is 409 g/mol. The van der Waals surface area contributed by atoms with Gasteiger partial charge in [-0.15, -0.1) is 0 Å². The van der Waals surface area contributed by atoms with Gasteiger partial charge >= 0.3 is 23.3 Å². The molecule has 0 saturated heterocycles. The molecule has 30 heavy (non-hydrogen) atoms. The fourth-order valence-electron chi connectivity index (χ4n) is 4.02. The van der Waals surface area contributed by atoms with Gasteiger partial charge in [0.1, 0.15) is 0 Å². The van der Waals surface area contributed by atoms with Crippen LogP contribution in [-0.4, -0.2) is 40.1 Å². The number of hydrogen-bond donors (Lipinski definition) is 0. The molecule has 0 bridgehead atoms. The van der Waals surface area contributed by atoms with Crippen molar-refractivity contribution in [3.05, 3.63) is 87.2 Å². The lowest BCUT2D eigenvalue weighted by Crippen LogP contribution is -2.53. The van der Waals surface area contributed by atoms with E-state index in [0.29, 0.717) is 11.3 Å². The van der Waals surface area contributed by atoms with Crippen LogP contribution in [0.15, 0.2) is 70.3 Å². The molecular weight excluding hydrogens is 390 g/mol. The number of carbonyl (C=O) groups excluding carboxylic acids is 2. The summed E-state index contributed by atoms with van der Waals surface area (Å²) in [6.45, 7) is 0. The lowest BCUT2D eigenvalue weighted by atomic mass is 9.90. The van der Waals surface area contributed by atoms with Crippen LogP contribution in [-0.2, 0) is 24.6 Å². The van der Waals surface area contributed by atoms with Gasteiger partial charge in [-0.2, -0.15) is 0 Å². The standard InChI is InChI=1S/C21H19N3O6/c1-29-17(25)21(18(26)30-2)13-16(14-9-5-3-6-10-14)23-19(27)22(20(28)24(21)23)15-11-7-4-8-12-15/h3-12,16H,13H2,1-2H3. The highest BCUT2D eigenvalue weighted by Gasteiger charge is 2.60. The molecule has 2 heterocycles. The molecule has 0 N–H and O–H groups in total. The molecule has 1 atom stereocenters. The molecule has 0 saturated carbocycles. The van der Waals surface area contributed by atoms with Gasteiger partial charge in [-0.05, 0) is 17.7 Å². The molecule has 0 radical (unpaired) electrons. The van der Waals surface area contributed by atoms with Gasteiger partial charge in [0.15, 0.2) is 0 Å². The first kappa shape index (κ1) is 19.4. The molecule has 9 nitrogen and oxygen atoms in total. The molecule has 1 unspecified atom stereocenters. The summed E-state index contributed by atoms with van der Waals surface area (Å²) in [4.78, 5) is 52.5. The average molecular weight is 409 g/mol. The minimum Gasteiger partial charge on any atom is -0.467 e. The molecule has 3 aromatic rings. The second-order valence-corrected chi connectivity index (χ2v) is 6.87. The van der Waals surface area contributed by atoms with Gasteiger partial charge in [-0.3, -0.25) is 0 Å². The molecule has 9 heteroatoms. The molecule has 1 aliphatic heterocycles. The van der Waals surface area contributed by atoms with Gasteiger partial charge in [0.25, 0.3) is 5.54 Å². The number of carbonyl (C=O) groups is 2. The van der Waals surface area contributed by atoms with E-state index in [4.69, 9.17) is 9.47 Å². The lowest BCUT2D eigenvalue weighted by Gasteiger charge is -2.23. The maximum atomic E-state index is 13.4.